The van der Waals surface area contributed by atoms with Gasteiger partial charge in [-0.05, 0) is 0 Å². The molecule has 0 heterocycles. The molecule has 0 unspecified atom stereocenters. The Balaban J connectivity index is 0. The second kappa shape index (κ2) is 40.8. The third-order valence-electron chi connectivity index (χ3n) is 0. The minimum absolute atomic E-state index is 0. The first-order valence-corrected chi connectivity index (χ1v) is 0. The van der Waals surface area contributed by atoms with Gasteiger partial charge in [-0.25, -0.2) is 0 Å². The molecular weight excluding hydrogens is 248 g/mol. The Morgan fingerprint density at radius 3 is 0.400 bits per heavy atom. The molecule has 0 aliphatic heterocycles. The van der Waals surface area contributed by atoms with E-state index in [1.165, 1.54) is 0 Å². The van der Waals surface area contributed by atoms with Gasteiger partial charge in [-0.2, -0.15) is 0 Å². The zero-order valence-corrected chi connectivity index (χ0v) is 6.99. The molecule has 0 aliphatic carbocycles. The third-order valence-corrected chi connectivity index (χ3v) is 0. The third kappa shape index (κ3) is 25.6. The molecule has 44 valence electrons. The Kier molecular flexibility index (Phi) is 568. The van der Waals surface area contributed by atoms with Gasteiger partial charge in [-0.1, -0.05) is 0 Å². The summed E-state index contributed by atoms with van der Waals surface area (Å²) in [7, 11) is 0. The number of hydrogen-bond donors (Lipinski definition) is 0. The van der Waals surface area contributed by atoms with E-state index in [-0.39, 0.29) is 70.1 Å². The summed E-state index contributed by atoms with van der Waals surface area (Å²) in [5.74, 6) is 0. The van der Waals surface area contributed by atoms with E-state index in [9.17, 15) is 0 Å². The zero-order chi connectivity index (χ0) is 0. The van der Waals surface area contributed by atoms with Crippen molar-refractivity contribution < 1.29 is 20.4 Å². The van der Waals surface area contributed by atoms with E-state index in [1.807, 2.05) is 0 Å². The predicted octanol–water partition coefficient (Wildman–Crippen LogP) is 1.15. The molecule has 0 spiro atoms. The molecule has 0 atom stereocenters. The first-order valence-electron chi connectivity index (χ1n) is 0. The fourth-order valence-electron chi connectivity index (χ4n) is 0. The van der Waals surface area contributed by atoms with Gasteiger partial charge in [0.2, 0.25) is 0 Å². The molecule has 0 nitrogen and oxygen atoms in total. The second-order valence-corrected chi connectivity index (χ2v) is 0. The summed E-state index contributed by atoms with van der Waals surface area (Å²) in [5.41, 5.74) is 0. The van der Waals surface area contributed by atoms with Crippen molar-refractivity contribution in [3.63, 3.8) is 0 Å². The Labute approximate surface area is 69.8 Å². The fourth-order valence-corrected chi connectivity index (χ4v) is 0. The minimum atomic E-state index is 0. The summed E-state index contributed by atoms with van der Waals surface area (Å²) in [6, 6.07) is 0. The first-order chi connectivity index (χ1) is 0. The van der Waals surface area contributed by atoms with Gasteiger partial charge in [0.1, 0.15) is 0 Å². The van der Waals surface area contributed by atoms with Crippen molar-refractivity contribution in [3.8, 4) is 0 Å². The van der Waals surface area contributed by atoms with Gasteiger partial charge in [0.05, 0.1) is 0 Å². The van der Waals surface area contributed by atoms with Gasteiger partial charge >= 0.3 is 20.4 Å². The summed E-state index contributed by atoms with van der Waals surface area (Å²) >= 11 is 0. The van der Waals surface area contributed by atoms with Crippen LogP contribution in [0.1, 0.15) is 0 Å². The van der Waals surface area contributed by atoms with Crippen molar-refractivity contribution >= 4 is 49.6 Å². The normalized spacial score (nSPS) is 0. The van der Waals surface area contributed by atoms with Crippen LogP contribution in [0, 0.1) is 0 Å². The van der Waals surface area contributed by atoms with Crippen LogP contribution in [0.25, 0.3) is 0 Å². The average molecular weight is 254 g/mol. The SMILES string of the molecule is Cl.Cl.Cl.Cl.[PdH2]. The quantitative estimate of drug-likeness (QED) is 0.569. The molecule has 0 aromatic rings. The van der Waals surface area contributed by atoms with Crippen LogP contribution in [-0.4, -0.2) is 0 Å². The van der Waals surface area contributed by atoms with E-state index >= 15 is 0 Å². The van der Waals surface area contributed by atoms with Gasteiger partial charge in [-0.15, -0.1) is 49.6 Å². The number of halogens is 4. The van der Waals surface area contributed by atoms with E-state index < -0.39 is 0 Å². The molecule has 5 heteroatoms. The van der Waals surface area contributed by atoms with Gasteiger partial charge < -0.3 is 0 Å². The molecular formula is H6Cl4Pd. The van der Waals surface area contributed by atoms with Crippen LogP contribution in [0.2, 0.25) is 0 Å². The molecule has 0 bridgehead atoms. The molecule has 0 radical (unpaired) electrons. The van der Waals surface area contributed by atoms with Crippen LogP contribution >= 0.6 is 49.6 Å². The topological polar surface area (TPSA) is 0 Å². The maximum absolute atomic E-state index is 0. The van der Waals surface area contributed by atoms with Gasteiger partial charge in [-0.3, -0.25) is 0 Å². The molecule has 0 aromatic heterocycles. The van der Waals surface area contributed by atoms with Gasteiger partial charge in [0, 0.05) is 0 Å². The second-order valence-electron chi connectivity index (χ2n) is 0. The fraction of sp³-hybridized carbons (Fsp3) is 0. The molecule has 0 N–H and O–H groups in total. The van der Waals surface area contributed by atoms with Crippen LogP contribution in [-0.2, 0) is 20.4 Å². The Morgan fingerprint density at radius 1 is 0.400 bits per heavy atom. The standard InChI is InChI=1S/4ClH.Pd.2H/h4*1H;;;. The van der Waals surface area contributed by atoms with Gasteiger partial charge in [0.25, 0.3) is 0 Å². The van der Waals surface area contributed by atoms with Crippen molar-refractivity contribution in [1.29, 1.82) is 0 Å². The van der Waals surface area contributed by atoms with Crippen molar-refractivity contribution in [1.82, 2.24) is 0 Å². The first kappa shape index (κ1) is 69.6. The van der Waals surface area contributed by atoms with E-state index in [1.54, 1.807) is 0 Å². The van der Waals surface area contributed by atoms with Crippen molar-refractivity contribution in [2.45, 2.75) is 0 Å². The number of hydrogen-bond acceptors (Lipinski definition) is 0. The van der Waals surface area contributed by atoms with E-state index in [0.29, 0.717) is 0 Å². The summed E-state index contributed by atoms with van der Waals surface area (Å²) in [4.78, 5) is 0. The molecule has 5 heavy (non-hydrogen) atoms. The Bertz CT molecular complexity index is 3.61. The monoisotopic (exact) mass is 252 g/mol. The van der Waals surface area contributed by atoms with Crippen LogP contribution in [0.15, 0.2) is 0 Å². The maximum atomic E-state index is 0. The molecule has 0 saturated heterocycles. The molecule has 0 saturated carbocycles. The van der Waals surface area contributed by atoms with Crippen LogP contribution in [0.5, 0.6) is 0 Å². The molecule has 0 fully saturated rings. The summed E-state index contributed by atoms with van der Waals surface area (Å²) in [6.45, 7) is 0. The summed E-state index contributed by atoms with van der Waals surface area (Å²) in [5, 5.41) is 0. The van der Waals surface area contributed by atoms with Crippen molar-refractivity contribution in [3.05, 3.63) is 0 Å². The van der Waals surface area contributed by atoms with E-state index in [2.05, 4.69) is 0 Å². The Hall–Kier alpha value is 1.82. The summed E-state index contributed by atoms with van der Waals surface area (Å²) in [6.07, 6.45) is 0. The van der Waals surface area contributed by atoms with Gasteiger partial charge in [0.15, 0.2) is 0 Å². The molecule has 0 aliphatic rings. The predicted molar refractivity (Wildman–Crippen MR) is 31.8 cm³/mol. The van der Waals surface area contributed by atoms with Crippen molar-refractivity contribution in [2.24, 2.45) is 0 Å². The number of rotatable bonds is 0. The molecule has 0 aromatic carbocycles. The van der Waals surface area contributed by atoms with Crippen LogP contribution in [0.4, 0.5) is 0 Å². The van der Waals surface area contributed by atoms with E-state index in [4.69, 9.17) is 0 Å². The Morgan fingerprint density at radius 2 is 0.400 bits per heavy atom. The zero-order valence-electron chi connectivity index (χ0n) is 1.99. The summed E-state index contributed by atoms with van der Waals surface area (Å²) < 4.78 is 0. The van der Waals surface area contributed by atoms with Crippen molar-refractivity contribution in [2.75, 3.05) is 0 Å². The van der Waals surface area contributed by atoms with E-state index in [0.717, 1.165) is 0 Å². The average Bonchev–Trinajstić information content (AvgIpc) is 0. The van der Waals surface area contributed by atoms with Crippen LogP contribution < -0.4 is 0 Å². The van der Waals surface area contributed by atoms with Crippen LogP contribution in [0.3, 0.4) is 0 Å². The molecule has 0 amide bonds. The molecule has 0 rings (SSSR count).